The van der Waals surface area contributed by atoms with Gasteiger partial charge in [0.25, 0.3) is 11.8 Å². The van der Waals surface area contributed by atoms with Crippen LogP contribution in [0.1, 0.15) is 33.6 Å². The normalized spacial score (nSPS) is 15.7. The van der Waals surface area contributed by atoms with Gasteiger partial charge in [-0.1, -0.05) is 6.07 Å². The number of carbonyl (C=O) groups is 2. The molecule has 7 nitrogen and oxygen atoms in total. The lowest BCUT2D eigenvalue weighted by molar-refractivity contribution is 0.0827. The Hall–Kier alpha value is -2.87. The van der Waals surface area contributed by atoms with Crippen LogP contribution in [0.2, 0.25) is 0 Å². The van der Waals surface area contributed by atoms with Crippen LogP contribution in [0.4, 0.5) is 11.4 Å². The highest BCUT2D eigenvalue weighted by Crippen LogP contribution is 2.24. The van der Waals surface area contributed by atoms with Crippen molar-refractivity contribution in [1.82, 2.24) is 4.90 Å². The van der Waals surface area contributed by atoms with E-state index in [0.29, 0.717) is 35.5 Å². The second-order valence-electron chi connectivity index (χ2n) is 6.88. The van der Waals surface area contributed by atoms with Gasteiger partial charge in [-0.05, 0) is 55.3 Å². The van der Waals surface area contributed by atoms with Crippen LogP contribution in [-0.2, 0) is 10.0 Å². The van der Waals surface area contributed by atoms with E-state index in [-0.39, 0.29) is 17.6 Å². The summed E-state index contributed by atoms with van der Waals surface area (Å²) in [5.74, 6) is -0.335. The Bertz CT molecular complexity index is 985. The predicted molar refractivity (Wildman–Crippen MR) is 109 cm³/mol. The molecule has 0 radical (unpaired) electrons. The van der Waals surface area contributed by atoms with Crippen LogP contribution in [0.15, 0.2) is 48.5 Å². The summed E-state index contributed by atoms with van der Waals surface area (Å²) in [5, 5.41) is 2.77. The number of nitrogens with zero attached hydrogens (tertiary/aromatic N) is 2. The fourth-order valence-electron chi connectivity index (χ4n) is 3.04. The Labute approximate surface area is 165 Å². The zero-order chi connectivity index (χ0) is 20.3. The lowest BCUT2D eigenvalue weighted by Gasteiger charge is -2.28. The smallest absolute Gasteiger partial charge is 0.255 e. The van der Waals surface area contributed by atoms with Crippen LogP contribution in [0, 0.1) is 0 Å². The number of benzene rings is 2. The molecular weight excluding hydrogens is 378 g/mol. The van der Waals surface area contributed by atoms with Crippen molar-refractivity contribution in [1.29, 1.82) is 0 Å². The molecule has 0 bridgehead atoms. The van der Waals surface area contributed by atoms with E-state index >= 15 is 0 Å². The molecule has 1 saturated heterocycles. The Kier molecular flexibility index (Phi) is 5.69. The summed E-state index contributed by atoms with van der Waals surface area (Å²) in [4.78, 5) is 26.0. The maximum absolute atomic E-state index is 12.6. The average Bonchev–Trinajstić information content (AvgIpc) is 2.67. The fraction of sp³-hybridized carbons (Fsp3) is 0.300. The van der Waals surface area contributed by atoms with Crippen LogP contribution < -0.4 is 9.62 Å². The summed E-state index contributed by atoms with van der Waals surface area (Å²) >= 11 is 0. The molecule has 2 aromatic rings. The number of hydrogen-bond donors (Lipinski definition) is 1. The zero-order valence-electron chi connectivity index (χ0n) is 15.9. The number of hydrogen-bond acceptors (Lipinski definition) is 4. The van der Waals surface area contributed by atoms with E-state index < -0.39 is 10.0 Å². The van der Waals surface area contributed by atoms with Gasteiger partial charge in [-0.3, -0.25) is 13.9 Å². The monoisotopic (exact) mass is 401 g/mol. The van der Waals surface area contributed by atoms with E-state index in [2.05, 4.69) is 5.32 Å². The number of amides is 2. The molecule has 3 rings (SSSR count). The number of sulfonamides is 1. The molecule has 0 unspecified atom stereocenters. The first kappa shape index (κ1) is 19.9. The Morgan fingerprint density at radius 2 is 1.71 bits per heavy atom. The van der Waals surface area contributed by atoms with Crippen molar-refractivity contribution >= 4 is 33.2 Å². The summed E-state index contributed by atoms with van der Waals surface area (Å²) in [5.41, 5.74) is 1.95. The largest absolute Gasteiger partial charge is 0.345 e. The SMILES string of the molecule is CN(C)C(=O)c1ccc(NC(=O)c2cccc(N3CCCCS3(=O)=O)c2)cc1. The summed E-state index contributed by atoms with van der Waals surface area (Å²) < 4.78 is 25.9. The van der Waals surface area contributed by atoms with E-state index in [4.69, 9.17) is 0 Å². The van der Waals surface area contributed by atoms with Crippen molar-refractivity contribution in [3.05, 3.63) is 59.7 Å². The molecule has 1 fully saturated rings. The van der Waals surface area contributed by atoms with Gasteiger partial charge in [0, 0.05) is 37.5 Å². The van der Waals surface area contributed by atoms with Crippen LogP contribution >= 0.6 is 0 Å². The summed E-state index contributed by atoms with van der Waals surface area (Å²) in [6.07, 6.45) is 1.46. The van der Waals surface area contributed by atoms with Gasteiger partial charge in [-0.25, -0.2) is 8.42 Å². The minimum atomic E-state index is -3.33. The van der Waals surface area contributed by atoms with Crippen LogP contribution in [0.3, 0.4) is 0 Å². The maximum atomic E-state index is 12.6. The van der Waals surface area contributed by atoms with E-state index in [9.17, 15) is 18.0 Å². The average molecular weight is 401 g/mol. The zero-order valence-corrected chi connectivity index (χ0v) is 16.7. The van der Waals surface area contributed by atoms with Gasteiger partial charge in [0.05, 0.1) is 11.4 Å². The third-order valence-electron chi connectivity index (χ3n) is 4.54. The first-order chi connectivity index (χ1) is 13.3. The summed E-state index contributed by atoms with van der Waals surface area (Å²) in [6, 6.07) is 13.2. The quantitative estimate of drug-likeness (QED) is 0.853. The molecule has 28 heavy (non-hydrogen) atoms. The second kappa shape index (κ2) is 8.02. The van der Waals surface area contributed by atoms with E-state index in [1.165, 1.54) is 9.21 Å². The van der Waals surface area contributed by atoms with Crippen molar-refractivity contribution in [3.63, 3.8) is 0 Å². The lowest BCUT2D eigenvalue weighted by Crippen LogP contribution is -2.37. The molecule has 8 heteroatoms. The van der Waals surface area contributed by atoms with Crippen molar-refractivity contribution in [2.45, 2.75) is 12.8 Å². The van der Waals surface area contributed by atoms with E-state index in [1.54, 1.807) is 62.6 Å². The topological polar surface area (TPSA) is 86.8 Å². The van der Waals surface area contributed by atoms with Crippen molar-refractivity contribution in [2.24, 2.45) is 0 Å². The molecular formula is C20H23N3O4S. The fourth-order valence-corrected chi connectivity index (χ4v) is 4.67. The van der Waals surface area contributed by atoms with Gasteiger partial charge >= 0.3 is 0 Å². The third kappa shape index (κ3) is 4.33. The second-order valence-corrected chi connectivity index (χ2v) is 8.89. The maximum Gasteiger partial charge on any atom is 0.255 e. The summed E-state index contributed by atoms with van der Waals surface area (Å²) in [7, 11) is 0.0161. The van der Waals surface area contributed by atoms with Crippen LogP contribution in [-0.4, -0.2) is 51.5 Å². The highest BCUT2D eigenvalue weighted by molar-refractivity contribution is 7.92. The number of rotatable bonds is 4. The first-order valence-corrected chi connectivity index (χ1v) is 10.6. The van der Waals surface area contributed by atoms with E-state index in [1.807, 2.05) is 0 Å². The number of anilines is 2. The molecule has 0 atom stereocenters. The molecule has 0 saturated carbocycles. The molecule has 1 aliphatic rings. The van der Waals surface area contributed by atoms with Crippen molar-refractivity contribution in [2.75, 3.05) is 36.0 Å². The van der Waals surface area contributed by atoms with Gasteiger partial charge in [-0.2, -0.15) is 0 Å². The highest BCUT2D eigenvalue weighted by Gasteiger charge is 2.26. The molecule has 2 aromatic carbocycles. The first-order valence-electron chi connectivity index (χ1n) is 9.01. The molecule has 148 valence electrons. The summed E-state index contributed by atoms with van der Waals surface area (Å²) in [6.45, 7) is 0.425. The molecule has 1 N–H and O–H groups in total. The Morgan fingerprint density at radius 3 is 2.36 bits per heavy atom. The third-order valence-corrected chi connectivity index (χ3v) is 6.41. The van der Waals surface area contributed by atoms with Gasteiger partial charge in [0.2, 0.25) is 10.0 Å². The number of carbonyl (C=O) groups excluding carboxylic acids is 2. The molecule has 1 heterocycles. The van der Waals surface area contributed by atoms with E-state index in [0.717, 1.165) is 6.42 Å². The van der Waals surface area contributed by atoms with Gasteiger partial charge in [0.15, 0.2) is 0 Å². The standard InChI is InChI=1S/C20H23N3O4S/c1-22(2)20(25)15-8-10-17(11-9-15)21-19(24)16-6-5-7-18(14-16)23-12-3-4-13-28(23,26)27/h5-11,14H,3-4,12-13H2,1-2H3,(H,21,24). The molecule has 0 aliphatic carbocycles. The minimum Gasteiger partial charge on any atom is -0.345 e. The van der Waals surface area contributed by atoms with Crippen LogP contribution in [0.25, 0.3) is 0 Å². The predicted octanol–water partition coefficient (Wildman–Crippen LogP) is 2.57. The molecule has 0 aromatic heterocycles. The Balaban J connectivity index is 1.75. The van der Waals surface area contributed by atoms with Crippen molar-refractivity contribution < 1.29 is 18.0 Å². The number of nitrogens with one attached hydrogen (secondary N) is 1. The molecule has 0 spiro atoms. The van der Waals surface area contributed by atoms with Crippen molar-refractivity contribution in [3.8, 4) is 0 Å². The van der Waals surface area contributed by atoms with Crippen LogP contribution in [0.5, 0.6) is 0 Å². The minimum absolute atomic E-state index is 0.117. The Morgan fingerprint density at radius 1 is 1.00 bits per heavy atom. The van der Waals surface area contributed by atoms with Gasteiger partial charge in [0.1, 0.15) is 0 Å². The molecule has 1 aliphatic heterocycles. The lowest BCUT2D eigenvalue weighted by atomic mass is 10.1. The van der Waals surface area contributed by atoms with Gasteiger partial charge < -0.3 is 10.2 Å². The highest BCUT2D eigenvalue weighted by atomic mass is 32.2. The molecule has 2 amide bonds. The van der Waals surface area contributed by atoms with Gasteiger partial charge in [-0.15, -0.1) is 0 Å².